The third-order valence-electron chi connectivity index (χ3n) is 3.60. The molecular weight excluding hydrogens is 434 g/mol. The van der Waals surface area contributed by atoms with Crippen LogP contribution in [0.3, 0.4) is 0 Å². The summed E-state index contributed by atoms with van der Waals surface area (Å²) in [5.74, 6) is 0.424. The Morgan fingerprint density at radius 1 is 1.24 bits per heavy atom. The molecule has 0 aliphatic rings. The van der Waals surface area contributed by atoms with E-state index >= 15 is 0 Å². The van der Waals surface area contributed by atoms with E-state index in [1.807, 2.05) is 33.8 Å². The minimum Gasteiger partial charge on any atom is -0.357 e. The van der Waals surface area contributed by atoms with Gasteiger partial charge in [0.1, 0.15) is 5.82 Å². The molecule has 1 aromatic carbocycles. The molecule has 0 bridgehead atoms. The van der Waals surface area contributed by atoms with Gasteiger partial charge in [-0.25, -0.2) is 4.39 Å². The summed E-state index contributed by atoms with van der Waals surface area (Å²) in [7, 11) is 0. The van der Waals surface area contributed by atoms with Gasteiger partial charge in [0.05, 0.1) is 12.6 Å². The van der Waals surface area contributed by atoms with E-state index in [2.05, 4.69) is 20.9 Å². The van der Waals surface area contributed by atoms with Crippen molar-refractivity contribution in [2.75, 3.05) is 19.6 Å². The number of benzene rings is 1. The van der Waals surface area contributed by atoms with Crippen LogP contribution in [0.1, 0.15) is 44.9 Å². The van der Waals surface area contributed by atoms with Crippen LogP contribution in [-0.2, 0) is 4.79 Å². The molecule has 0 spiro atoms. The van der Waals surface area contributed by atoms with Crippen LogP contribution in [0, 0.1) is 18.7 Å². The van der Waals surface area contributed by atoms with Crippen molar-refractivity contribution in [1.82, 2.24) is 16.0 Å². The molecule has 1 rings (SSSR count). The third kappa shape index (κ3) is 8.51. The normalized spacial score (nSPS) is 12.4. The number of guanidine groups is 1. The van der Waals surface area contributed by atoms with Gasteiger partial charge in [-0.1, -0.05) is 26.0 Å². The van der Waals surface area contributed by atoms with E-state index in [4.69, 9.17) is 0 Å². The number of hydrogen-bond donors (Lipinski definition) is 3. The smallest absolute Gasteiger partial charge is 0.222 e. The fraction of sp³-hybridized carbons (Fsp3) is 0.556. The van der Waals surface area contributed by atoms with E-state index in [9.17, 15) is 9.18 Å². The Morgan fingerprint density at radius 2 is 1.92 bits per heavy atom. The van der Waals surface area contributed by atoms with Crippen molar-refractivity contribution in [2.45, 2.75) is 40.7 Å². The van der Waals surface area contributed by atoms with Crippen LogP contribution in [0.15, 0.2) is 23.2 Å². The number of nitrogens with zero attached hydrogens (tertiary/aromatic N) is 1. The molecule has 0 fully saturated rings. The molecule has 25 heavy (non-hydrogen) atoms. The van der Waals surface area contributed by atoms with Gasteiger partial charge in [0.2, 0.25) is 5.91 Å². The van der Waals surface area contributed by atoms with Crippen LogP contribution < -0.4 is 16.0 Å². The Bertz CT molecular complexity index is 578. The maximum Gasteiger partial charge on any atom is 0.222 e. The minimum absolute atomic E-state index is 0. The first-order chi connectivity index (χ1) is 11.3. The molecule has 0 aromatic heterocycles. The highest BCUT2D eigenvalue weighted by Crippen LogP contribution is 2.16. The Labute approximate surface area is 167 Å². The molecule has 1 aromatic rings. The second kappa shape index (κ2) is 12.1. The van der Waals surface area contributed by atoms with Gasteiger partial charge in [-0.15, -0.1) is 24.0 Å². The zero-order valence-electron chi connectivity index (χ0n) is 15.6. The van der Waals surface area contributed by atoms with Crippen molar-refractivity contribution < 1.29 is 9.18 Å². The summed E-state index contributed by atoms with van der Waals surface area (Å²) in [5, 5.41) is 9.23. The maximum absolute atomic E-state index is 13.7. The lowest BCUT2D eigenvalue weighted by molar-refractivity contribution is -0.123. The number of rotatable bonds is 7. The molecule has 1 unspecified atom stereocenters. The summed E-state index contributed by atoms with van der Waals surface area (Å²) < 4.78 is 13.7. The number of hydrogen-bond acceptors (Lipinski definition) is 2. The average Bonchev–Trinajstić information content (AvgIpc) is 2.53. The van der Waals surface area contributed by atoms with E-state index in [1.165, 1.54) is 0 Å². The zero-order chi connectivity index (χ0) is 18.1. The number of aryl methyl sites for hydroxylation is 1. The molecule has 0 heterocycles. The second-order valence-corrected chi connectivity index (χ2v) is 6.08. The molecule has 0 saturated carbocycles. The number of amides is 1. The molecule has 7 heteroatoms. The maximum atomic E-state index is 13.7. The van der Waals surface area contributed by atoms with Crippen LogP contribution >= 0.6 is 24.0 Å². The van der Waals surface area contributed by atoms with Gasteiger partial charge in [-0.05, 0) is 38.0 Å². The summed E-state index contributed by atoms with van der Waals surface area (Å²) in [4.78, 5) is 15.9. The highest BCUT2D eigenvalue weighted by Gasteiger charge is 2.10. The molecule has 0 radical (unpaired) electrons. The second-order valence-electron chi connectivity index (χ2n) is 6.08. The summed E-state index contributed by atoms with van der Waals surface area (Å²) >= 11 is 0. The standard InChI is InChI=1S/C18H29FN4O.HI/c1-6-20-18(22-10-9-21-17(24)12(2)3)23-14(5)15-8-7-13(4)16(19)11-15;/h7-8,11-12,14H,6,9-10H2,1-5H3,(H,21,24)(H2,20,22,23);1H. The highest BCUT2D eigenvalue weighted by atomic mass is 127. The van der Waals surface area contributed by atoms with E-state index < -0.39 is 0 Å². The van der Waals surface area contributed by atoms with Gasteiger partial charge >= 0.3 is 0 Å². The number of halogens is 2. The molecule has 1 atom stereocenters. The Kier molecular flexibility index (Phi) is 11.4. The van der Waals surface area contributed by atoms with Gasteiger partial charge in [-0.2, -0.15) is 0 Å². The van der Waals surface area contributed by atoms with Gasteiger partial charge < -0.3 is 16.0 Å². The molecule has 1 amide bonds. The van der Waals surface area contributed by atoms with Crippen molar-refractivity contribution >= 4 is 35.8 Å². The fourth-order valence-corrected chi connectivity index (χ4v) is 2.04. The first-order valence-corrected chi connectivity index (χ1v) is 8.43. The van der Waals surface area contributed by atoms with Crippen molar-refractivity contribution in [3.8, 4) is 0 Å². The number of nitrogens with one attached hydrogen (secondary N) is 3. The molecule has 5 nitrogen and oxygen atoms in total. The van der Waals surface area contributed by atoms with E-state index in [0.717, 1.165) is 12.1 Å². The predicted octanol–water partition coefficient (Wildman–Crippen LogP) is 3.14. The Hall–Kier alpha value is -1.38. The van der Waals surface area contributed by atoms with Crippen LogP contribution in [0.4, 0.5) is 4.39 Å². The first-order valence-electron chi connectivity index (χ1n) is 8.43. The van der Waals surface area contributed by atoms with Crippen LogP contribution in [0.5, 0.6) is 0 Å². The van der Waals surface area contributed by atoms with Gasteiger partial charge in [0.15, 0.2) is 5.96 Å². The quantitative estimate of drug-likeness (QED) is 0.252. The van der Waals surface area contributed by atoms with Crippen molar-refractivity contribution in [1.29, 1.82) is 0 Å². The van der Waals surface area contributed by atoms with E-state index in [-0.39, 0.29) is 47.7 Å². The molecule has 142 valence electrons. The summed E-state index contributed by atoms with van der Waals surface area (Å²) in [6.07, 6.45) is 0. The molecule has 0 aliphatic heterocycles. The fourth-order valence-electron chi connectivity index (χ4n) is 2.04. The summed E-state index contributed by atoms with van der Waals surface area (Å²) in [6, 6.07) is 5.14. The lowest BCUT2D eigenvalue weighted by Crippen LogP contribution is -2.39. The zero-order valence-corrected chi connectivity index (χ0v) is 18.0. The lowest BCUT2D eigenvalue weighted by atomic mass is 10.1. The Morgan fingerprint density at radius 3 is 2.48 bits per heavy atom. The topological polar surface area (TPSA) is 65.5 Å². The number of carbonyl (C=O) groups is 1. The number of carbonyl (C=O) groups excluding carboxylic acids is 1. The third-order valence-corrected chi connectivity index (χ3v) is 3.60. The Balaban J connectivity index is 0.00000576. The molecule has 3 N–H and O–H groups in total. The average molecular weight is 464 g/mol. The highest BCUT2D eigenvalue weighted by molar-refractivity contribution is 14.0. The SMILES string of the molecule is CCNC(=NCCNC(=O)C(C)C)NC(C)c1ccc(C)c(F)c1.I. The number of aliphatic imine (C=N–C) groups is 1. The first kappa shape index (κ1) is 23.6. The van der Waals surface area contributed by atoms with Gasteiger partial charge in [0.25, 0.3) is 0 Å². The molecule has 0 aliphatic carbocycles. The van der Waals surface area contributed by atoms with E-state index in [1.54, 1.807) is 19.1 Å². The minimum atomic E-state index is -0.209. The summed E-state index contributed by atoms with van der Waals surface area (Å²) in [5.41, 5.74) is 1.49. The van der Waals surface area contributed by atoms with Crippen LogP contribution in [0.2, 0.25) is 0 Å². The van der Waals surface area contributed by atoms with Crippen LogP contribution in [-0.4, -0.2) is 31.5 Å². The van der Waals surface area contributed by atoms with Crippen LogP contribution in [0.25, 0.3) is 0 Å². The lowest BCUT2D eigenvalue weighted by Gasteiger charge is -2.18. The van der Waals surface area contributed by atoms with Crippen molar-refractivity contribution in [2.24, 2.45) is 10.9 Å². The largest absolute Gasteiger partial charge is 0.357 e. The van der Waals surface area contributed by atoms with Crippen molar-refractivity contribution in [3.05, 3.63) is 35.1 Å². The van der Waals surface area contributed by atoms with Gasteiger partial charge in [-0.3, -0.25) is 9.79 Å². The van der Waals surface area contributed by atoms with E-state index in [0.29, 0.717) is 24.6 Å². The predicted molar refractivity (Wildman–Crippen MR) is 112 cm³/mol. The molecular formula is C18H30FIN4O. The molecule has 0 saturated heterocycles. The summed E-state index contributed by atoms with van der Waals surface area (Å²) in [6.45, 7) is 11.1. The van der Waals surface area contributed by atoms with Gasteiger partial charge in [0, 0.05) is 19.0 Å². The monoisotopic (exact) mass is 464 g/mol. The van der Waals surface area contributed by atoms with Crippen molar-refractivity contribution in [3.63, 3.8) is 0 Å².